The Hall–Kier alpha value is -2.08. The molecule has 0 spiro atoms. The number of halogens is 1. The van der Waals surface area contributed by atoms with Gasteiger partial charge in [-0.1, -0.05) is 36.6 Å². The van der Waals surface area contributed by atoms with E-state index in [-0.39, 0.29) is 0 Å². The SMILES string of the molecule is CC(OC(=O)C1(c2ccc(Cl)cc2)CCCC1)C(=O)N1CCNC1=O. The van der Waals surface area contributed by atoms with E-state index in [0.29, 0.717) is 31.0 Å². The molecule has 3 rings (SSSR count). The van der Waals surface area contributed by atoms with Crippen molar-refractivity contribution >= 4 is 29.5 Å². The van der Waals surface area contributed by atoms with Gasteiger partial charge in [0.25, 0.3) is 5.91 Å². The standard InChI is InChI=1S/C18H21ClN2O4/c1-12(15(22)21-11-10-20-17(21)24)25-16(23)18(8-2-3-9-18)13-4-6-14(19)7-5-13/h4-7,12H,2-3,8-11H2,1H3,(H,20,24). The third kappa shape index (κ3) is 3.35. The smallest absolute Gasteiger partial charge is 0.324 e. The van der Waals surface area contributed by atoms with E-state index >= 15 is 0 Å². The Morgan fingerprint density at radius 2 is 1.88 bits per heavy atom. The average Bonchev–Trinajstić information content (AvgIpc) is 3.24. The molecule has 6 nitrogen and oxygen atoms in total. The molecule has 1 aliphatic carbocycles. The van der Waals surface area contributed by atoms with Crippen LogP contribution in [0.2, 0.25) is 5.02 Å². The minimum absolute atomic E-state index is 0.294. The van der Waals surface area contributed by atoms with Gasteiger partial charge in [0.15, 0.2) is 6.10 Å². The first-order valence-electron chi connectivity index (χ1n) is 8.50. The van der Waals surface area contributed by atoms with Crippen LogP contribution >= 0.6 is 11.6 Å². The number of esters is 1. The summed E-state index contributed by atoms with van der Waals surface area (Å²) in [5, 5.41) is 3.17. The van der Waals surface area contributed by atoms with Gasteiger partial charge in [-0.05, 0) is 37.5 Å². The number of hydrogen-bond donors (Lipinski definition) is 1. The van der Waals surface area contributed by atoms with Gasteiger partial charge in [-0.25, -0.2) is 4.79 Å². The lowest BCUT2D eigenvalue weighted by Crippen LogP contribution is -2.44. The summed E-state index contributed by atoms with van der Waals surface area (Å²) in [5.74, 6) is -0.902. The van der Waals surface area contributed by atoms with E-state index in [1.807, 2.05) is 12.1 Å². The first kappa shape index (κ1) is 17.7. The highest BCUT2D eigenvalue weighted by molar-refractivity contribution is 6.30. The number of imide groups is 1. The van der Waals surface area contributed by atoms with Crippen LogP contribution in [0, 0.1) is 0 Å². The van der Waals surface area contributed by atoms with Crippen molar-refractivity contribution in [2.75, 3.05) is 13.1 Å². The molecule has 25 heavy (non-hydrogen) atoms. The van der Waals surface area contributed by atoms with Crippen molar-refractivity contribution in [3.8, 4) is 0 Å². The molecular formula is C18H21ClN2O4. The number of carbonyl (C=O) groups excluding carboxylic acids is 3. The van der Waals surface area contributed by atoms with E-state index in [1.165, 1.54) is 6.92 Å². The number of amides is 3. The molecule has 1 aromatic rings. The van der Waals surface area contributed by atoms with Crippen LogP contribution in [0.25, 0.3) is 0 Å². The first-order valence-corrected chi connectivity index (χ1v) is 8.88. The van der Waals surface area contributed by atoms with Gasteiger partial charge in [0.2, 0.25) is 0 Å². The molecule has 1 aromatic carbocycles. The Kier molecular flexibility index (Phi) is 4.99. The Morgan fingerprint density at radius 3 is 2.44 bits per heavy atom. The van der Waals surface area contributed by atoms with Crippen molar-refractivity contribution in [2.24, 2.45) is 0 Å². The largest absolute Gasteiger partial charge is 0.452 e. The van der Waals surface area contributed by atoms with Gasteiger partial charge >= 0.3 is 12.0 Å². The summed E-state index contributed by atoms with van der Waals surface area (Å²) in [6.45, 7) is 2.22. The molecular weight excluding hydrogens is 344 g/mol. The predicted octanol–water partition coefficient (Wildman–Crippen LogP) is 2.64. The summed E-state index contributed by atoms with van der Waals surface area (Å²) in [4.78, 5) is 38.0. The van der Waals surface area contributed by atoms with Crippen molar-refractivity contribution in [1.29, 1.82) is 0 Å². The van der Waals surface area contributed by atoms with Crippen molar-refractivity contribution in [1.82, 2.24) is 10.2 Å². The zero-order valence-corrected chi connectivity index (χ0v) is 14.8. The van der Waals surface area contributed by atoms with Crippen LogP contribution in [-0.2, 0) is 19.7 Å². The number of nitrogens with zero attached hydrogens (tertiary/aromatic N) is 1. The highest BCUT2D eigenvalue weighted by Crippen LogP contribution is 2.42. The molecule has 0 radical (unpaired) electrons. The topological polar surface area (TPSA) is 75.7 Å². The fourth-order valence-corrected chi connectivity index (χ4v) is 3.71. The van der Waals surface area contributed by atoms with Crippen LogP contribution < -0.4 is 5.32 Å². The number of urea groups is 1. The van der Waals surface area contributed by atoms with E-state index in [1.54, 1.807) is 12.1 Å². The Balaban J connectivity index is 1.76. The van der Waals surface area contributed by atoms with Gasteiger partial charge in [-0.15, -0.1) is 0 Å². The molecule has 1 saturated carbocycles. The molecule has 2 aliphatic rings. The molecule has 2 fully saturated rings. The van der Waals surface area contributed by atoms with Crippen LogP contribution in [0.5, 0.6) is 0 Å². The van der Waals surface area contributed by atoms with Crippen LogP contribution in [0.3, 0.4) is 0 Å². The number of benzene rings is 1. The summed E-state index contributed by atoms with van der Waals surface area (Å²) in [5.41, 5.74) is 0.116. The number of ether oxygens (including phenoxy) is 1. The molecule has 1 heterocycles. The van der Waals surface area contributed by atoms with Gasteiger partial charge in [0.05, 0.1) is 5.41 Å². The van der Waals surface area contributed by atoms with E-state index in [9.17, 15) is 14.4 Å². The fraction of sp³-hybridized carbons (Fsp3) is 0.500. The molecule has 1 aliphatic heterocycles. The summed E-state index contributed by atoms with van der Waals surface area (Å²) in [6.07, 6.45) is 2.21. The summed E-state index contributed by atoms with van der Waals surface area (Å²) in [6, 6.07) is 6.76. The second-order valence-corrected chi connectivity index (χ2v) is 7.00. The van der Waals surface area contributed by atoms with Crippen LogP contribution in [0.15, 0.2) is 24.3 Å². The summed E-state index contributed by atoms with van der Waals surface area (Å²) < 4.78 is 5.50. The fourth-order valence-electron chi connectivity index (χ4n) is 3.58. The van der Waals surface area contributed by atoms with Crippen LogP contribution in [0.1, 0.15) is 38.2 Å². The van der Waals surface area contributed by atoms with E-state index in [4.69, 9.17) is 16.3 Å². The van der Waals surface area contributed by atoms with E-state index < -0.39 is 29.4 Å². The van der Waals surface area contributed by atoms with E-state index in [2.05, 4.69) is 5.32 Å². The quantitative estimate of drug-likeness (QED) is 0.833. The lowest BCUT2D eigenvalue weighted by molar-refractivity contribution is -0.162. The van der Waals surface area contributed by atoms with Gasteiger partial charge in [0.1, 0.15) is 0 Å². The number of hydrogen-bond acceptors (Lipinski definition) is 4. The molecule has 134 valence electrons. The highest BCUT2D eigenvalue weighted by Gasteiger charge is 2.45. The Labute approximate surface area is 151 Å². The van der Waals surface area contributed by atoms with Crippen LogP contribution in [0.4, 0.5) is 4.79 Å². The maximum Gasteiger partial charge on any atom is 0.324 e. The Morgan fingerprint density at radius 1 is 1.24 bits per heavy atom. The maximum atomic E-state index is 12.9. The molecule has 1 unspecified atom stereocenters. The normalized spacial score (nSPS) is 20.2. The minimum atomic E-state index is -0.999. The monoisotopic (exact) mass is 364 g/mol. The minimum Gasteiger partial charge on any atom is -0.452 e. The number of carbonyl (C=O) groups is 3. The van der Waals surface area contributed by atoms with E-state index in [0.717, 1.165) is 23.3 Å². The lowest BCUT2D eigenvalue weighted by atomic mass is 9.79. The molecule has 1 saturated heterocycles. The van der Waals surface area contributed by atoms with Crippen molar-refractivity contribution in [3.05, 3.63) is 34.9 Å². The lowest BCUT2D eigenvalue weighted by Gasteiger charge is -2.29. The molecule has 1 atom stereocenters. The average molecular weight is 365 g/mol. The maximum absolute atomic E-state index is 12.9. The van der Waals surface area contributed by atoms with Crippen LogP contribution in [-0.4, -0.2) is 42.0 Å². The summed E-state index contributed by atoms with van der Waals surface area (Å²) >= 11 is 5.95. The molecule has 3 amide bonds. The second-order valence-electron chi connectivity index (χ2n) is 6.57. The van der Waals surface area contributed by atoms with Gasteiger partial charge in [-0.2, -0.15) is 0 Å². The zero-order chi connectivity index (χ0) is 18.0. The van der Waals surface area contributed by atoms with Crippen molar-refractivity contribution in [3.63, 3.8) is 0 Å². The third-order valence-corrected chi connectivity index (χ3v) is 5.25. The highest BCUT2D eigenvalue weighted by atomic mass is 35.5. The molecule has 7 heteroatoms. The van der Waals surface area contributed by atoms with Gasteiger partial charge in [0, 0.05) is 18.1 Å². The molecule has 1 N–H and O–H groups in total. The predicted molar refractivity (Wildman–Crippen MR) is 92.3 cm³/mol. The first-order chi connectivity index (χ1) is 11.9. The zero-order valence-electron chi connectivity index (χ0n) is 14.1. The second kappa shape index (κ2) is 7.04. The van der Waals surface area contributed by atoms with Crippen molar-refractivity contribution in [2.45, 2.75) is 44.1 Å². The Bertz CT molecular complexity index is 683. The number of nitrogens with one attached hydrogen (secondary N) is 1. The van der Waals surface area contributed by atoms with Gasteiger partial charge in [-0.3, -0.25) is 14.5 Å². The van der Waals surface area contributed by atoms with Gasteiger partial charge < -0.3 is 10.1 Å². The molecule has 0 bridgehead atoms. The third-order valence-electron chi connectivity index (χ3n) is 5.00. The molecule has 0 aromatic heterocycles. The summed E-state index contributed by atoms with van der Waals surface area (Å²) in [7, 11) is 0. The van der Waals surface area contributed by atoms with Crippen molar-refractivity contribution < 1.29 is 19.1 Å². The number of rotatable bonds is 4.